The molecule has 0 fully saturated rings. The van der Waals surface area contributed by atoms with Crippen molar-refractivity contribution in [3.63, 3.8) is 0 Å². The molecule has 8 heteroatoms. The molecule has 4 rings (SSSR count). The Bertz CT molecular complexity index is 1370. The van der Waals surface area contributed by atoms with Crippen LogP contribution in [0.1, 0.15) is 12.0 Å². The number of halogens is 1. The molecule has 0 unspecified atom stereocenters. The van der Waals surface area contributed by atoms with Crippen LogP contribution in [-0.4, -0.2) is 26.6 Å². The van der Waals surface area contributed by atoms with E-state index in [4.69, 9.17) is 11.6 Å². The third-order valence-electron chi connectivity index (χ3n) is 5.28. The van der Waals surface area contributed by atoms with Gasteiger partial charge in [-0.1, -0.05) is 23.7 Å². The van der Waals surface area contributed by atoms with Gasteiger partial charge in [0.05, 0.1) is 11.0 Å². The van der Waals surface area contributed by atoms with Crippen LogP contribution in [0.3, 0.4) is 0 Å². The molecule has 4 aromatic rings. The Labute approximate surface area is 176 Å². The van der Waals surface area contributed by atoms with Crippen molar-refractivity contribution in [1.82, 2.24) is 19.4 Å². The smallest absolute Gasteiger partial charge is 0.316 e. The van der Waals surface area contributed by atoms with Crippen molar-refractivity contribution in [2.24, 2.45) is 7.05 Å². The van der Waals surface area contributed by atoms with Crippen LogP contribution in [-0.2, 0) is 24.8 Å². The fourth-order valence-electron chi connectivity index (χ4n) is 3.67. The molecular formula is C22H21ClN4O3. The van der Waals surface area contributed by atoms with Gasteiger partial charge in [0.25, 0.3) is 0 Å². The van der Waals surface area contributed by atoms with Gasteiger partial charge >= 0.3 is 11.1 Å². The average molecular weight is 425 g/mol. The monoisotopic (exact) mass is 424 g/mol. The summed E-state index contributed by atoms with van der Waals surface area (Å²) in [7, 11) is 1.57. The molecule has 2 aromatic heterocycles. The van der Waals surface area contributed by atoms with Gasteiger partial charge in [0.15, 0.2) is 0 Å². The van der Waals surface area contributed by atoms with E-state index in [-0.39, 0.29) is 18.9 Å². The maximum atomic E-state index is 12.4. The lowest BCUT2D eigenvalue weighted by Gasteiger charge is -2.12. The van der Waals surface area contributed by atoms with Crippen LogP contribution in [0, 0.1) is 0 Å². The van der Waals surface area contributed by atoms with Crippen molar-refractivity contribution in [2.75, 3.05) is 6.54 Å². The molecule has 0 aliphatic carbocycles. The summed E-state index contributed by atoms with van der Waals surface area (Å²) in [5.74, 6) is -0.176. The molecule has 0 spiro atoms. The van der Waals surface area contributed by atoms with Gasteiger partial charge in [0.2, 0.25) is 5.91 Å². The number of nitrogens with zero attached hydrogens (tertiary/aromatic N) is 2. The van der Waals surface area contributed by atoms with E-state index >= 15 is 0 Å². The van der Waals surface area contributed by atoms with Crippen LogP contribution in [0.5, 0.6) is 0 Å². The number of aromatic nitrogens is 3. The normalized spacial score (nSPS) is 11.3. The molecule has 30 heavy (non-hydrogen) atoms. The molecule has 0 aliphatic rings. The third-order valence-corrected chi connectivity index (χ3v) is 5.51. The van der Waals surface area contributed by atoms with Crippen molar-refractivity contribution >= 4 is 39.4 Å². The van der Waals surface area contributed by atoms with Crippen LogP contribution in [0.2, 0.25) is 5.02 Å². The summed E-state index contributed by atoms with van der Waals surface area (Å²) in [4.78, 5) is 40.1. The number of para-hydroxylation sites is 2. The highest BCUT2D eigenvalue weighted by Crippen LogP contribution is 2.22. The summed E-state index contributed by atoms with van der Waals surface area (Å²) >= 11 is 6.07. The fourth-order valence-corrected chi connectivity index (χ4v) is 3.84. The highest BCUT2D eigenvalue weighted by Gasteiger charge is 2.12. The Morgan fingerprint density at radius 1 is 1.10 bits per heavy atom. The minimum absolute atomic E-state index is 0.108. The van der Waals surface area contributed by atoms with Gasteiger partial charge in [-0.05, 0) is 42.3 Å². The molecule has 154 valence electrons. The summed E-state index contributed by atoms with van der Waals surface area (Å²) in [5, 5.41) is 4.58. The highest BCUT2D eigenvalue weighted by atomic mass is 35.5. The van der Waals surface area contributed by atoms with Gasteiger partial charge in [0.1, 0.15) is 0 Å². The Morgan fingerprint density at radius 3 is 2.67 bits per heavy atom. The zero-order valence-electron chi connectivity index (χ0n) is 16.4. The van der Waals surface area contributed by atoms with E-state index in [2.05, 4.69) is 10.3 Å². The lowest BCUT2D eigenvalue weighted by atomic mass is 10.1. The van der Waals surface area contributed by atoms with E-state index in [0.717, 1.165) is 16.5 Å². The maximum absolute atomic E-state index is 12.4. The Balaban J connectivity index is 1.41. The van der Waals surface area contributed by atoms with Crippen LogP contribution in [0.4, 0.5) is 0 Å². The van der Waals surface area contributed by atoms with Crippen LogP contribution in [0.15, 0.2) is 58.3 Å². The predicted octanol–water partition coefficient (Wildman–Crippen LogP) is 2.58. The molecule has 2 heterocycles. The summed E-state index contributed by atoms with van der Waals surface area (Å²) in [6.45, 7) is 0.606. The second-order valence-electron chi connectivity index (χ2n) is 7.16. The first kappa shape index (κ1) is 20.0. The molecule has 7 nitrogen and oxygen atoms in total. The predicted molar refractivity (Wildman–Crippen MR) is 118 cm³/mol. The van der Waals surface area contributed by atoms with Gasteiger partial charge < -0.3 is 19.4 Å². The Kier molecular flexibility index (Phi) is 5.46. The summed E-state index contributed by atoms with van der Waals surface area (Å²) < 4.78 is 2.71. The number of hydrogen-bond donors (Lipinski definition) is 2. The van der Waals surface area contributed by atoms with Crippen LogP contribution >= 0.6 is 11.6 Å². The van der Waals surface area contributed by atoms with Gasteiger partial charge in [-0.3, -0.25) is 14.4 Å². The van der Waals surface area contributed by atoms with Gasteiger partial charge in [-0.25, -0.2) is 0 Å². The Hall–Kier alpha value is -3.32. The first-order chi connectivity index (χ1) is 14.5. The van der Waals surface area contributed by atoms with E-state index in [1.54, 1.807) is 31.3 Å². The zero-order chi connectivity index (χ0) is 21.3. The standard InChI is InChI=1S/C22H21ClN4O3/c1-26-18-4-2-3-5-19(18)27(22(30)21(26)29)11-9-20(28)24-10-8-14-13-25-17-7-6-15(23)12-16(14)17/h2-7,12-13,25H,8-11H2,1H3,(H,24,28). The van der Waals surface area contributed by atoms with E-state index in [1.165, 1.54) is 9.13 Å². The summed E-state index contributed by atoms with van der Waals surface area (Å²) in [6, 6.07) is 12.8. The lowest BCUT2D eigenvalue weighted by molar-refractivity contribution is -0.121. The van der Waals surface area contributed by atoms with Crippen molar-refractivity contribution < 1.29 is 4.79 Å². The van der Waals surface area contributed by atoms with Gasteiger partial charge in [0, 0.05) is 48.7 Å². The van der Waals surface area contributed by atoms with Gasteiger partial charge in [-0.15, -0.1) is 0 Å². The average Bonchev–Trinajstić information content (AvgIpc) is 3.14. The van der Waals surface area contributed by atoms with Crippen molar-refractivity contribution in [1.29, 1.82) is 0 Å². The number of carbonyl (C=O) groups is 1. The Morgan fingerprint density at radius 2 is 1.87 bits per heavy atom. The summed E-state index contributed by atoms with van der Waals surface area (Å²) in [5.41, 5.74) is 2.12. The minimum atomic E-state index is -0.625. The first-order valence-electron chi connectivity index (χ1n) is 9.66. The van der Waals surface area contributed by atoms with E-state index in [1.807, 2.05) is 24.4 Å². The number of amides is 1. The number of fused-ring (bicyclic) bond motifs is 2. The lowest BCUT2D eigenvalue weighted by Crippen LogP contribution is -2.41. The quantitative estimate of drug-likeness (QED) is 0.466. The fraction of sp³-hybridized carbons (Fsp3) is 0.227. The second kappa shape index (κ2) is 8.20. The number of hydrogen-bond acceptors (Lipinski definition) is 3. The molecule has 0 saturated heterocycles. The topological polar surface area (TPSA) is 88.9 Å². The molecule has 0 bridgehead atoms. The zero-order valence-corrected chi connectivity index (χ0v) is 17.2. The van der Waals surface area contributed by atoms with Gasteiger partial charge in [-0.2, -0.15) is 0 Å². The number of aryl methyl sites for hydroxylation is 2. The first-order valence-corrected chi connectivity index (χ1v) is 10.0. The summed E-state index contributed by atoms with van der Waals surface area (Å²) in [6.07, 6.45) is 2.68. The van der Waals surface area contributed by atoms with Crippen LogP contribution < -0.4 is 16.4 Å². The SMILES string of the molecule is Cn1c(=O)c(=O)n(CCC(=O)NCCc2c[nH]c3ccc(Cl)cc23)c2ccccc21. The number of nitrogens with one attached hydrogen (secondary N) is 2. The number of carbonyl (C=O) groups excluding carboxylic acids is 1. The molecular weight excluding hydrogens is 404 g/mol. The number of benzene rings is 2. The van der Waals surface area contributed by atoms with Crippen molar-refractivity contribution in [3.8, 4) is 0 Å². The van der Waals surface area contributed by atoms with Crippen LogP contribution in [0.25, 0.3) is 21.9 Å². The number of rotatable bonds is 6. The molecule has 0 saturated carbocycles. The molecule has 0 aliphatic heterocycles. The molecule has 2 N–H and O–H groups in total. The molecule has 0 atom stereocenters. The van der Waals surface area contributed by atoms with Crippen molar-refractivity contribution in [3.05, 3.63) is 80.0 Å². The molecule has 0 radical (unpaired) electrons. The molecule has 1 amide bonds. The molecule has 2 aromatic carbocycles. The highest BCUT2D eigenvalue weighted by molar-refractivity contribution is 6.31. The number of H-pyrrole nitrogens is 1. The second-order valence-corrected chi connectivity index (χ2v) is 7.60. The minimum Gasteiger partial charge on any atom is -0.361 e. The number of aromatic amines is 1. The van der Waals surface area contributed by atoms with E-state index in [0.29, 0.717) is 29.0 Å². The maximum Gasteiger partial charge on any atom is 0.316 e. The van der Waals surface area contributed by atoms with E-state index in [9.17, 15) is 14.4 Å². The van der Waals surface area contributed by atoms with Crippen molar-refractivity contribution in [2.45, 2.75) is 19.4 Å². The van der Waals surface area contributed by atoms with E-state index < -0.39 is 11.1 Å². The third kappa shape index (κ3) is 3.76. The largest absolute Gasteiger partial charge is 0.361 e.